The van der Waals surface area contributed by atoms with Gasteiger partial charge in [-0.15, -0.1) is 11.3 Å². The number of hydrogen-bond donors (Lipinski definition) is 1. The molecule has 0 unspecified atom stereocenters. The number of nitrogens with zero attached hydrogens (tertiary/aromatic N) is 4. The summed E-state index contributed by atoms with van der Waals surface area (Å²) >= 11 is 7.50. The van der Waals surface area contributed by atoms with E-state index in [0.29, 0.717) is 34.1 Å². The van der Waals surface area contributed by atoms with Crippen molar-refractivity contribution in [2.45, 2.75) is 52.2 Å². The van der Waals surface area contributed by atoms with E-state index in [9.17, 15) is 14.7 Å². The summed E-state index contributed by atoms with van der Waals surface area (Å²) < 4.78 is 8.19. The van der Waals surface area contributed by atoms with E-state index in [1.165, 1.54) is 11.3 Å². The summed E-state index contributed by atoms with van der Waals surface area (Å²) in [5.74, 6) is -0.679. The van der Waals surface area contributed by atoms with Crippen LogP contribution in [0.1, 0.15) is 48.4 Å². The van der Waals surface area contributed by atoms with Gasteiger partial charge in [-0.25, -0.2) is 0 Å². The smallest absolute Gasteiger partial charge is 0.323 e. The van der Waals surface area contributed by atoms with Crippen LogP contribution in [0.25, 0.3) is 21.5 Å². The topological polar surface area (TPSA) is 91.8 Å². The summed E-state index contributed by atoms with van der Waals surface area (Å²) in [6.07, 6.45) is 1.49. The number of aliphatic carboxylic acids is 1. The monoisotopic (exact) mass is 554 g/mol. The fourth-order valence-corrected chi connectivity index (χ4v) is 6.33. The molecule has 1 N–H and O–H groups in total. The number of carboxylic acid groups (broad SMARTS) is 1. The van der Waals surface area contributed by atoms with Gasteiger partial charge >= 0.3 is 5.97 Å². The third-order valence-corrected chi connectivity index (χ3v) is 8.52. The molecule has 1 amide bonds. The van der Waals surface area contributed by atoms with Crippen LogP contribution in [0.15, 0.2) is 47.0 Å². The zero-order chi connectivity index (χ0) is 27.0. The number of carbonyl (C=O) groups is 2. The maximum atomic E-state index is 14.1. The van der Waals surface area contributed by atoms with Gasteiger partial charge in [0, 0.05) is 36.6 Å². The number of benzene rings is 1. The van der Waals surface area contributed by atoms with Gasteiger partial charge in [-0.05, 0) is 57.4 Å². The van der Waals surface area contributed by atoms with Crippen molar-refractivity contribution in [1.29, 1.82) is 0 Å². The Kier molecular flexibility index (Phi) is 7.61. The number of carbonyl (C=O) groups excluding carboxylic acids is 1. The Morgan fingerprint density at radius 1 is 1.21 bits per heavy atom. The molecular formula is C28H31ClN4O4S. The molecular weight excluding hydrogens is 524 g/mol. The molecule has 1 aliphatic heterocycles. The Labute approximate surface area is 230 Å². The predicted molar refractivity (Wildman–Crippen MR) is 149 cm³/mol. The molecule has 0 radical (unpaired) electrons. The van der Waals surface area contributed by atoms with Crippen LogP contribution in [0.4, 0.5) is 0 Å². The maximum absolute atomic E-state index is 14.1. The van der Waals surface area contributed by atoms with Crippen LogP contribution in [0.5, 0.6) is 0 Å². The summed E-state index contributed by atoms with van der Waals surface area (Å²) in [6, 6.07) is 13.6. The number of para-hydroxylation sites is 1. The molecule has 10 heteroatoms. The van der Waals surface area contributed by atoms with Gasteiger partial charge in [0.25, 0.3) is 5.91 Å². The highest BCUT2D eigenvalue weighted by atomic mass is 35.5. The van der Waals surface area contributed by atoms with Crippen LogP contribution in [0.2, 0.25) is 4.34 Å². The van der Waals surface area contributed by atoms with E-state index in [4.69, 9.17) is 16.1 Å². The molecule has 0 spiro atoms. The second-order valence-electron chi connectivity index (χ2n) is 10.1. The predicted octanol–water partition coefficient (Wildman–Crippen LogP) is 5.77. The Hall–Kier alpha value is -3.14. The average molecular weight is 555 g/mol. The molecule has 1 aromatic carbocycles. The third kappa shape index (κ3) is 5.36. The number of fused-ring (bicyclic) bond motifs is 1. The number of aromatic nitrogens is 2. The van der Waals surface area contributed by atoms with Gasteiger partial charge in [0.15, 0.2) is 5.76 Å². The van der Waals surface area contributed by atoms with Crippen LogP contribution >= 0.6 is 22.9 Å². The van der Waals surface area contributed by atoms with Crippen molar-refractivity contribution in [2.24, 2.45) is 0 Å². The minimum atomic E-state index is -1.01. The van der Waals surface area contributed by atoms with Gasteiger partial charge < -0.3 is 24.0 Å². The number of rotatable bonds is 8. The molecule has 3 aromatic heterocycles. The van der Waals surface area contributed by atoms with Crippen LogP contribution < -0.4 is 0 Å². The molecule has 38 heavy (non-hydrogen) atoms. The van der Waals surface area contributed by atoms with E-state index in [1.54, 1.807) is 4.90 Å². The van der Waals surface area contributed by atoms with E-state index in [2.05, 4.69) is 23.9 Å². The SMILES string of the molecule is Cc1cccc2cc(C(=O)N(CC(=O)O)C3CCN(C(C)C)CC3)n(Cc3cc(-c4ccc(Cl)s4)on3)c12. The van der Waals surface area contributed by atoms with Crippen molar-refractivity contribution in [2.75, 3.05) is 19.6 Å². The van der Waals surface area contributed by atoms with Crippen molar-refractivity contribution in [3.8, 4) is 10.6 Å². The molecule has 0 bridgehead atoms. The molecule has 5 rings (SSSR count). The van der Waals surface area contributed by atoms with Crippen molar-refractivity contribution < 1.29 is 19.2 Å². The van der Waals surface area contributed by atoms with Crippen LogP contribution in [0.3, 0.4) is 0 Å². The second-order valence-corrected chi connectivity index (χ2v) is 11.8. The van der Waals surface area contributed by atoms with Gasteiger partial charge in [-0.3, -0.25) is 9.59 Å². The molecule has 0 atom stereocenters. The molecule has 0 saturated carbocycles. The van der Waals surface area contributed by atoms with Gasteiger partial charge in [-0.1, -0.05) is 35.0 Å². The Balaban J connectivity index is 1.50. The molecule has 4 aromatic rings. The minimum Gasteiger partial charge on any atom is -0.480 e. The number of amides is 1. The molecule has 1 saturated heterocycles. The Morgan fingerprint density at radius 3 is 2.63 bits per heavy atom. The maximum Gasteiger partial charge on any atom is 0.323 e. The Bertz CT molecular complexity index is 1460. The number of likely N-dealkylation sites (tertiary alicyclic amines) is 1. The molecule has 0 aliphatic carbocycles. The summed E-state index contributed by atoms with van der Waals surface area (Å²) in [5.41, 5.74) is 3.05. The first-order valence-corrected chi connectivity index (χ1v) is 14.0. The number of piperidine rings is 1. The minimum absolute atomic E-state index is 0.136. The number of hydrogen-bond acceptors (Lipinski definition) is 6. The average Bonchev–Trinajstić information content (AvgIpc) is 3.62. The number of aryl methyl sites for hydroxylation is 1. The van der Waals surface area contributed by atoms with E-state index in [0.717, 1.165) is 47.3 Å². The molecule has 4 heterocycles. The van der Waals surface area contributed by atoms with Crippen LogP contribution in [-0.4, -0.2) is 68.2 Å². The normalized spacial score (nSPS) is 15.0. The van der Waals surface area contributed by atoms with E-state index in [1.807, 2.05) is 54.0 Å². The number of halogens is 1. The highest BCUT2D eigenvalue weighted by Gasteiger charge is 2.32. The fraction of sp³-hybridized carbons (Fsp3) is 0.393. The quantitative estimate of drug-likeness (QED) is 0.297. The van der Waals surface area contributed by atoms with Gasteiger partial charge in [0.05, 0.1) is 21.3 Å². The number of carboxylic acids is 1. The summed E-state index contributed by atoms with van der Waals surface area (Å²) in [7, 11) is 0. The van der Waals surface area contributed by atoms with Gasteiger partial charge in [-0.2, -0.15) is 0 Å². The lowest BCUT2D eigenvalue weighted by molar-refractivity contribution is -0.138. The van der Waals surface area contributed by atoms with Crippen LogP contribution in [-0.2, 0) is 11.3 Å². The molecule has 1 aliphatic rings. The third-order valence-electron chi connectivity index (χ3n) is 7.27. The van der Waals surface area contributed by atoms with E-state index in [-0.39, 0.29) is 18.5 Å². The lowest BCUT2D eigenvalue weighted by Gasteiger charge is -2.39. The summed E-state index contributed by atoms with van der Waals surface area (Å²) in [4.78, 5) is 30.7. The first-order chi connectivity index (χ1) is 18.2. The lowest BCUT2D eigenvalue weighted by atomic mass is 10.0. The van der Waals surface area contributed by atoms with Gasteiger partial charge in [0.1, 0.15) is 17.9 Å². The first kappa shape index (κ1) is 26.5. The summed E-state index contributed by atoms with van der Waals surface area (Å²) in [6.45, 7) is 7.97. The Morgan fingerprint density at radius 2 is 1.97 bits per heavy atom. The number of thiophene rings is 1. The largest absolute Gasteiger partial charge is 0.480 e. The van der Waals surface area contributed by atoms with E-state index >= 15 is 0 Å². The van der Waals surface area contributed by atoms with Crippen molar-refractivity contribution in [3.63, 3.8) is 0 Å². The zero-order valence-electron chi connectivity index (χ0n) is 21.7. The molecule has 1 fully saturated rings. The highest BCUT2D eigenvalue weighted by Crippen LogP contribution is 2.32. The van der Waals surface area contributed by atoms with Crippen molar-refractivity contribution in [1.82, 2.24) is 19.5 Å². The van der Waals surface area contributed by atoms with E-state index < -0.39 is 5.97 Å². The standard InChI is InChI=1S/C28H31ClN4O4S/c1-17(2)31-11-9-21(10-12-31)32(16-26(34)35)28(36)22-13-19-6-4-5-18(3)27(19)33(22)15-20-14-23(37-30-20)24-7-8-25(29)38-24/h4-8,13-14,17,21H,9-12,15-16H2,1-3H3,(H,34,35). The van der Waals surface area contributed by atoms with Gasteiger partial charge in [0.2, 0.25) is 0 Å². The van der Waals surface area contributed by atoms with Crippen molar-refractivity contribution in [3.05, 3.63) is 63.8 Å². The summed E-state index contributed by atoms with van der Waals surface area (Å²) in [5, 5.41) is 14.9. The van der Waals surface area contributed by atoms with Crippen molar-refractivity contribution >= 4 is 45.7 Å². The molecule has 8 nitrogen and oxygen atoms in total. The first-order valence-electron chi connectivity index (χ1n) is 12.8. The second kappa shape index (κ2) is 10.9. The lowest BCUT2D eigenvalue weighted by Crippen LogP contribution is -2.50. The van der Waals surface area contributed by atoms with Crippen LogP contribution in [0, 0.1) is 6.92 Å². The zero-order valence-corrected chi connectivity index (χ0v) is 23.3. The highest BCUT2D eigenvalue weighted by molar-refractivity contribution is 7.19. The molecule has 200 valence electrons. The fourth-order valence-electron chi connectivity index (χ4n) is 5.34.